The third-order valence-corrected chi connectivity index (χ3v) is 3.39. The zero-order valence-corrected chi connectivity index (χ0v) is 13.6. The Morgan fingerprint density at radius 3 is 2.29 bits per heavy atom. The largest absolute Gasteiger partial charge is 0.466 e. The predicted molar refractivity (Wildman–Crippen MR) is 79.2 cm³/mol. The summed E-state index contributed by atoms with van der Waals surface area (Å²) in [6.07, 6.45) is 2.90. The van der Waals surface area contributed by atoms with Crippen molar-refractivity contribution in [3.05, 3.63) is 0 Å². The third-order valence-electron chi connectivity index (χ3n) is 3.39. The summed E-state index contributed by atoms with van der Waals surface area (Å²) in [5.41, 5.74) is -0.625. The van der Waals surface area contributed by atoms with Gasteiger partial charge in [0.1, 0.15) is 0 Å². The van der Waals surface area contributed by atoms with Crippen molar-refractivity contribution in [3.8, 4) is 6.07 Å². The summed E-state index contributed by atoms with van der Waals surface area (Å²) in [6, 6.07) is 2.29. The number of esters is 2. The molecule has 0 bridgehead atoms. The number of nitrogens with zero attached hydrogens (tertiary/aromatic N) is 1. The van der Waals surface area contributed by atoms with Gasteiger partial charge in [0.25, 0.3) is 0 Å². The number of carbonyl (C=O) groups excluding carboxylic acids is 2. The molecule has 2 unspecified atom stereocenters. The molecule has 0 rings (SSSR count). The molecule has 0 N–H and O–H groups in total. The van der Waals surface area contributed by atoms with Crippen LogP contribution in [0.15, 0.2) is 0 Å². The average Bonchev–Trinajstić information content (AvgIpc) is 2.45. The number of unbranched alkanes of at least 4 members (excludes halogenated alkanes) is 1. The lowest BCUT2D eigenvalue weighted by Gasteiger charge is -2.25. The highest BCUT2D eigenvalue weighted by atomic mass is 16.5. The third kappa shape index (κ3) is 7.69. The van der Waals surface area contributed by atoms with Gasteiger partial charge in [0.05, 0.1) is 37.0 Å². The Morgan fingerprint density at radius 2 is 1.81 bits per heavy atom. The Morgan fingerprint density at radius 1 is 1.19 bits per heavy atom. The van der Waals surface area contributed by atoms with Crippen LogP contribution in [0.5, 0.6) is 0 Å². The number of nitriles is 1. The molecule has 0 saturated carbocycles. The van der Waals surface area contributed by atoms with Crippen LogP contribution in [0.2, 0.25) is 0 Å². The van der Waals surface area contributed by atoms with Gasteiger partial charge in [0.2, 0.25) is 0 Å². The van der Waals surface area contributed by atoms with Crippen LogP contribution in [0, 0.1) is 22.7 Å². The Kier molecular flexibility index (Phi) is 9.44. The van der Waals surface area contributed by atoms with E-state index in [0.29, 0.717) is 12.8 Å². The van der Waals surface area contributed by atoms with Crippen molar-refractivity contribution in [1.82, 2.24) is 0 Å². The lowest BCUT2D eigenvalue weighted by atomic mass is 9.77. The van der Waals surface area contributed by atoms with Crippen LogP contribution in [-0.2, 0) is 19.1 Å². The first-order valence-corrected chi connectivity index (χ1v) is 7.65. The van der Waals surface area contributed by atoms with Crippen molar-refractivity contribution in [3.63, 3.8) is 0 Å². The Labute approximate surface area is 127 Å². The van der Waals surface area contributed by atoms with Gasteiger partial charge in [-0.15, -0.1) is 0 Å². The summed E-state index contributed by atoms with van der Waals surface area (Å²) < 4.78 is 9.92. The maximum atomic E-state index is 12.0. The SMILES string of the molecule is CCCCC(C)(C#N)CC(CC(=O)OCC)C(=O)OCC. The van der Waals surface area contributed by atoms with Crippen LogP contribution < -0.4 is 0 Å². The fraction of sp³-hybridized carbons (Fsp3) is 0.812. The highest BCUT2D eigenvalue weighted by Gasteiger charge is 2.33. The van der Waals surface area contributed by atoms with Gasteiger partial charge in [-0.05, 0) is 33.6 Å². The molecule has 120 valence electrons. The molecule has 0 aliphatic carbocycles. The molecule has 0 fully saturated rings. The summed E-state index contributed by atoms with van der Waals surface area (Å²) in [7, 11) is 0. The normalized spacial score (nSPS) is 14.6. The molecule has 0 saturated heterocycles. The molecule has 21 heavy (non-hydrogen) atoms. The van der Waals surface area contributed by atoms with E-state index < -0.39 is 23.3 Å². The first-order valence-electron chi connectivity index (χ1n) is 7.65. The zero-order valence-electron chi connectivity index (χ0n) is 13.6. The molecule has 0 radical (unpaired) electrons. The second-order valence-electron chi connectivity index (χ2n) is 5.44. The van der Waals surface area contributed by atoms with Crippen molar-refractivity contribution >= 4 is 11.9 Å². The molecule has 2 atom stereocenters. The number of ether oxygens (including phenoxy) is 2. The standard InChI is InChI=1S/C16H27NO4/c1-5-8-9-16(4,12-17)11-13(15(19)21-7-3)10-14(18)20-6-2/h13H,5-11H2,1-4H3. The van der Waals surface area contributed by atoms with Gasteiger partial charge < -0.3 is 9.47 Å². The molecule has 0 aliphatic rings. The highest BCUT2D eigenvalue weighted by Crippen LogP contribution is 2.33. The topological polar surface area (TPSA) is 76.4 Å². The molecule has 0 aromatic heterocycles. The van der Waals surface area contributed by atoms with E-state index in [-0.39, 0.29) is 19.6 Å². The Hall–Kier alpha value is -1.57. The summed E-state index contributed by atoms with van der Waals surface area (Å²) in [4.78, 5) is 23.6. The van der Waals surface area contributed by atoms with Crippen molar-refractivity contribution in [2.24, 2.45) is 11.3 Å². The smallest absolute Gasteiger partial charge is 0.309 e. The van der Waals surface area contributed by atoms with Gasteiger partial charge in [-0.3, -0.25) is 9.59 Å². The van der Waals surface area contributed by atoms with Crippen LogP contribution in [0.3, 0.4) is 0 Å². The molecule has 0 aliphatic heterocycles. The summed E-state index contributed by atoms with van der Waals surface area (Å²) in [5, 5.41) is 9.39. The summed E-state index contributed by atoms with van der Waals surface area (Å²) in [5.74, 6) is -1.47. The van der Waals surface area contributed by atoms with Gasteiger partial charge in [0.15, 0.2) is 0 Å². The van der Waals surface area contributed by atoms with E-state index in [1.807, 2.05) is 6.92 Å². The van der Waals surface area contributed by atoms with E-state index in [9.17, 15) is 14.9 Å². The van der Waals surface area contributed by atoms with Crippen molar-refractivity contribution in [2.75, 3.05) is 13.2 Å². The Balaban J connectivity index is 4.90. The van der Waals surface area contributed by atoms with Gasteiger partial charge in [0, 0.05) is 0 Å². The average molecular weight is 297 g/mol. The van der Waals surface area contributed by atoms with Gasteiger partial charge in [-0.2, -0.15) is 5.26 Å². The molecule has 0 heterocycles. The molecular weight excluding hydrogens is 270 g/mol. The predicted octanol–water partition coefficient (Wildman–Crippen LogP) is 3.23. The van der Waals surface area contributed by atoms with Crippen molar-refractivity contribution in [2.45, 2.75) is 59.8 Å². The highest BCUT2D eigenvalue weighted by molar-refractivity contribution is 5.80. The lowest BCUT2D eigenvalue weighted by Crippen LogP contribution is -2.28. The molecule has 0 amide bonds. The van der Waals surface area contributed by atoms with Gasteiger partial charge in [-0.25, -0.2) is 0 Å². The van der Waals surface area contributed by atoms with E-state index in [2.05, 4.69) is 13.0 Å². The maximum Gasteiger partial charge on any atom is 0.309 e. The van der Waals surface area contributed by atoms with Crippen molar-refractivity contribution < 1.29 is 19.1 Å². The quantitative estimate of drug-likeness (QED) is 0.579. The molecule has 5 nitrogen and oxygen atoms in total. The monoisotopic (exact) mass is 297 g/mol. The number of hydrogen-bond acceptors (Lipinski definition) is 5. The first-order chi connectivity index (χ1) is 9.92. The van der Waals surface area contributed by atoms with Crippen LogP contribution in [0.1, 0.15) is 59.8 Å². The fourth-order valence-corrected chi connectivity index (χ4v) is 2.23. The zero-order chi connectivity index (χ0) is 16.3. The molecule has 5 heteroatoms. The number of carbonyl (C=O) groups is 2. The molecule has 0 spiro atoms. The molecule has 0 aromatic carbocycles. The number of rotatable bonds is 10. The minimum Gasteiger partial charge on any atom is -0.466 e. The minimum absolute atomic E-state index is 0.0317. The Bertz CT molecular complexity index is 375. The van der Waals surface area contributed by atoms with E-state index in [0.717, 1.165) is 12.8 Å². The van der Waals surface area contributed by atoms with E-state index in [4.69, 9.17) is 9.47 Å². The second-order valence-corrected chi connectivity index (χ2v) is 5.44. The minimum atomic E-state index is -0.625. The second kappa shape index (κ2) is 10.2. The number of hydrogen-bond donors (Lipinski definition) is 0. The van der Waals surface area contributed by atoms with E-state index >= 15 is 0 Å². The van der Waals surface area contributed by atoms with E-state index in [1.54, 1.807) is 13.8 Å². The van der Waals surface area contributed by atoms with Gasteiger partial charge in [-0.1, -0.05) is 19.8 Å². The summed E-state index contributed by atoms with van der Waals surface area (Å²) >= 11 is 0. The van der Waals surface area contributed by atoms with Crippen LogP contribution >= 0.6 is 0 Å². The van der Waals surface area contributed by atoms with Crippen LogP contribution in [0.4, 0.5) is 0 Å². The van der Waals surface area contributed by atoms with Gasteiger partial charge >= 0.3 is 11.9 Å². The van der Waals surface area contributed by atoms with Crippen LogP contribution in [0.25, 0.3) is 0 Å². The molecule has 0 aromatic rings. The van der Waals surface area contributed by atoms with Crippen molar-refractivity contribution in [1.29, 1.82) is 5.26 Å². The van der Waals surface area contributed by atoms with E-state index in [1.165, 1.54) is 0 Å². The van der Waals surface area contributed by atoms with Crippen LogP contribution in [-0.4, -0.2) is 25.2 Å². The lowest BCUT2D eigenvalue weighted by molar-refractivity contribution is -0.155. The maximum absolute atomic E-state index is 12.0. The fourth-order valence-electron chi connectivity index (χ4n) is 2.23. The molecular formula is C16H27NO4. The summed E-state index contributed by atoms with van der Waals surface area (Å²) in [6.45, 7) is 7.87. The first kappa shape index (κ1) is 19.4.